The monoisotopic (exact) mass is 361 g/mol. The van der Waals surface area contributed by atoms with E-state index < -0.39 is 18.0 Å². The summed E-state index contributed by atoms with van der Waals surface area (Å²) in [5.41, 5.74) is 0. The van der Waals surface area contributed by atoms with Crippen LogP contribution in [0.2, 0.25) is 0 Å². The van der Waals surface area contributed by atoms with Gasteiger partial charge in [-0.2, -0.15) is 13.2 Å². The van der Waals surface area contributed by atoms with E-state index in [1.165, 1.54) is 0 Å². The fourth-order valence-electron chi connectivity index (χ4n) is 3.54. The van der Waals surface area contributed by atoms with E-state index in [-0.39, 0.29) is 31.2 Å². The number of carbonyl (C=O) groups is 2. The largest absolute Gasteiger partial charge is 0.391 e. The zero-order valence-corrected chi connectivity index (χ0v) is 14.4. The molecule has 2 atom stereocenters. The molecular formula is C17H26F3N3O2. The van der Waals surface area contributed by atoms with Gasteiger partial charge in [-0.3, -0.25) is 14.5 Å². The number of rotatable bonds is 5. The summed E-state index contributed by atoms with van der Waals surface area (Å²) in [6.07, 6.45) is -1.59. The molecule has 2 aliphatic rings. The van der Waals surface area contributed by atoms with E-state index in [2.05, 4.69) is 11.9 Å². The minimum absolute atomic E-state index is 0.0908. The van der Waals surface area contributed by atoms with Crippen molar-refractivity contribution in [3.05, 3.63) is 12.7 Å². The van der Waals surface area contributed by atoms with Gasteiger partial charge in [-0.1, -0.05) is 12.5 Å². The lowest BCUT2D eigenvalue weighted by atomic mass is 9.80. The van der Waals surface area contributed by atoms with Crippen molar-refractivity contribution in [3.63, 3.8) is 0 Å². The predicted molar refractivity (Wildman–Crippen MR) is 87.7 cm³/mol. The Bertz CT molecular complexity index is 488. The molecule has 8 heteroatoms. The van der Waals surface area contributed by atoms with Crippen LogP contribution in [0, 0.1) is 11.8 Å². The normalized spacial score (nSPS) is 25.5. The van der Waals surface area contributed by atoms with Crippen molar-refractivity contribution < 1.29 is 22.8 Å². The molecule has 2 unspecified atom stereocenters. The molecule has 142 valence electrons. The highest BCUT2D eigenvalue weighted by Gasteiger charge is 2.44. The van der Waals surface area contributed by atoms with Crippen LogP contribution in [0.15, 0.2) is 12.7 Å². The van der Waals surface area contributed by atoms with E-state index in [1.807, 2.05) is 4.90 Å². The number of halogens is 3. The lowest BCUT2D eigenvalue weighted by molar-refractivity contribution is -0.187. The number of amides is 2. The van der Waals surface area contributed by atoms with Gasteiger partial charge in [0.25, 0.3) is 0 Å². The second-order valence-corrected chi connectivity index (χ2v) is 6.80. The van der Waals surface area contributed by atoms with Crippen molar-refractivity contribution in [2.75, 3.05) is 39.3 Å². The Balaban J connectivity index is 1.79. The Morgan fingerprint density at radius 1 is 1.16 bits per heavy atom. The Kier molecular flexibility index (Phi) is 6.87. The van der Waals surface area contributed by atoms with Crippen molar-refractivity contribution in [3.8, 4) is 0 Å². The topological polar surface area (TPSA) is 52.7 Å². The first kappa shape index (κ1) is 19.8. The Labute approximate surface area is 146 Å². The smallest absolute Gasteiger partial charge is 0.352 e. The van der Waals surface area contributed by atoms with Gasteiger partial charge in [0.05, 0.1) is 12.5 Å². The minimum atomic E-state index is -4.21. The molecule has 2 fully saturated rings. The van der Waals surface area contributed by atoms with Crippen LogP contribution in [0.5, 0.6) is 0 Å². The average molecular weight is 361 g/mol. The molecule has 1 aliphatic heterocycles. The third-order valence-electron chi connectivity index (χ3n) is 4.98. The number of nitrogens with one attached hydrogen (secondary N) is 1. The van der Waals surface area contributed by atoms with E-state index in [0.29, 0.717) is 45.6 Å². The van der Waals surface area contributed by atoms with Gasteiger partial charge in [0.1, 0.15) is 0 Å². The maximum absolute atomic E-state index is 12.9. The molecule has 0 spiro atoms. The molecule has 1 aliphatic carbocycles. The maximum Gasteiger partial charge on any atom is 0.391 e. The lowest BCUT2D eigenvalue weighted by Gasteiger charge is -2.38. The maximum atomic E-state index is 12.9. The van der Waals surface area contributed by atoms with E-state index in [0.717, 1.165) is 0 Å². The zero-order chi connectivity index (χ0) is 18.4. The number of piperazine rings is 1. The van der Waals surface area contributed by atoms with E-state index in [4.69, 9.17) is 0 Å². The summed E-state index contributed by atoms with van der Waals surface area (Å²) in [6.45, 7) is 6.24. The summed E-state index contributed by atoms with van der Waals surface area (Å²) in [4.78, 5) is 27.8. The SMILES string of the molecule is C=CCNC(=O)CN1CCN(C(=O)C2CCCC(C(F)(F)F)C2)CC1. The summed E-state index contributed by atoms with van der Waals surface area (Å²) in [5.74, 6) is -2.14. The first-order chi connectivity index (χ1) is 11.8. The molecule has 5 nitrogen and oxygen atoms in total. The average Bonchev–Trinajstić information content (AvgIpc) is 2.59. The van der Waals surface area contributed by atoms with E-state index >= 15 is 0 Å². The highest BCUT2D eigenvalue weighted by Crippen LogP contribution is 2.40. The number of nitrogens with zero attached hydrogens (tertiary/aromatic N) is 2. The van der Waals surface area contributed by atoms with Crippen LogP contribution >= 0.6 is 0 Å². The van der Waals surface area contributed by atoms with Gasteiger partial charge in [0.2, 0.25) is 11.8 Å². The summed E-state index contributed by atoms with van der Waals surface area (Å²) in [5, 5.41) is 2.70. The van der Waals surface area contributed by atoms with Gasteiger partial charge in [-0.25, -0.2) is 0 Å². The summed E-state index contributed by atoms with van der Waals surface area (Å²) >= 11 is 0. The molecule has 0 aromatic rings. The molecule has 0 radical (unpaired) electrons. The molecular weight excluding hydrogens is 335 g/mol. The fraction of sp³-hybridized carbons (Fsp3) is 0.765. The standard InChI is InChI=1S/C17H26F3N3O2/c1-2-6-21-15(24)12-22-7-9-23(10-8-22)16(25)13-4-3-5-14(11-13)17(18,19)20/h2,13-14H,1,3-12H2,(H,21,24). The molecule has 1 saturated carbocycles. The number of alkyl halides is 3. The van der Waals surface area contributed by atoms with Crippen molar-refractivity contribution in [1.82, 2.24) is 15.1 Å². The quantitative estimate of drug-likeness (QED) is 0.760. The van der Waals surface area contributed by atoms with Crippen LogP contribution in [0.3, 0.4) is 0 Å². The number of hydrogen-bond donors (Lipinski definition) is 1. The van der Waals surface area contributed by atoms with Crippen molar-refractivity contribution >= 4 is 11.8 Å². The Hall–Kier alpha value is -1.57. The summed E-state index contributed by atoms with van der Waals surface area (Å²) in [6, 6.07) is 0. The molecule has 0 aromatic heterocycles. The highest BCUT2D eigenvalue weighted by molar-refractivity contribution is 5.79. The van der Waals surface area contributed by atoms with Crippen LogP contribution < -0.4 is 5.32 Å². The molecule has 2 amide bonds. The van der Waals surface area contributed by atoms with Crippen LogP contribution in [0.4, 0.5) is 13.2 Å². The second-order valence-electron chi connectivity index (χ2n) is 6.80. The van der Waals surface area contributed by atoms with Crippen molar-refractivity contribution in [2.24, 2.45) is 11.8 Å². The third-order valence-corrected chi connectivity index (χ3v) is 4.98. The molecule has 0 aromatic carbocycles. The van der Waals surface area contributed by atoms with Crippen LogP contribution in [-0.2, 0) is 9.59 Å². The molecule has 25 heavy (non-hydrogen) atoms. The van der Waals surface area contributed by atoms with Crippen molar-refractivity contribution in [1.29, 1.82) is 0 Å². The highest BCUT2D eigenvalue weighted by atomic mass is 19.4. The van der Waals surface area contributed by atoms with Crippen LogP contribution in [0.25, 0.3) is 0 Å². The minimum Gasteiger partial charge on any atom is -0.352 e. The Morgan fingerprint density at radius 2 is 1.84 bits per heavy atom. The number of carbonyl (C=O) groups excluding carboxylic acids is 2. The first-order valence-electron chi connectivity index (χ1n) is 8.76. The molecule has 2 rings (SSSR count). The Morgan fingerprint density at radius 3 is 2.44 bits per heavy atom. The van der Waals surface area contributed by atoms with Gasteiger partial charge in [-0.05, 0) is 19.3 Å². The van der Waals surface area contributed by atoms with Gasteiger partial charge in [0.15, 0.2) is 0 Å². The van der Waals surface area contributed by atoms with E-state index in [9.17, 15) is 22.8 Å². The molecule has 1 saturated heterocycles. The fourth-order valence-corrected chi connectivity index (χ4v) is 3.54. The zero-order valence-electron chi connectivity index (χ0n) is 14.4. The van der Waals surface area contributed by atoms with Gasteiger partial charge in [0, 0.05) is 38.6 Å². The van der Waals surface area contributed by atoms with Gasteiger partial charge in [-0.15, -0.1) is 6.58 Å². The predicted octanol–water partition coefficient (Wildman–Crippen LogP) is 1.80. The van der Waals surface area contributed by atoms with Crippen LogP contribution in [-0.4, -0.2) is 67.1 Å². The number of hydrogen-bond acceptors (Lipinski definition) is 3. The third kappa shape index (κ3) is 5.73. The first-order valence-corrected chi connectivity index (χ1v) is 8.76. The molecule has 0 bridgehead atoms. The molecule has 1 heterocycles. The molecule has 1 N–H and O–H groups in total. The van der Waals surface area contributed by atoms with Gasteiger partial charge < -0.3 is 10.2 Å². The van der Waals surface area contributed by atoms with Crippen molar-refractivity contribution in [2.45, 2.75) is 31.9 Å². The second kappa shape index (κ2) is 8.69. The van der Waals surface area contributed by atoms with Crippen LogP contribution in [0.1, 0.15) is 25.7 Å². The van der Waals surface area contributed by atoms with E-state index in [1.54, 1.807) is 11.0 Å². The summed E-state index contributed by atoms with van der Waals surface area (Å²) < 4.78 is 38.7. The lowest BCUT2D eigenvalue weighted by Crippen LogP contribution is -2.52. The summed E-state index contributed by atoms with van der Waals surface area (Å²) in [7, 11) is 0. The van der Waals surface area contributed by atoms with Gasteiger partial charge >= 0.3 is 6.18 Å².